The molecular weight excluding hydrogens is 404 g/mol. The highest BCUT2D eigenvalue weighted by Crippen LogP contribution is 2.49. The molecule has 2 fully saturated rings. The summed E-state index contributed by atoms with van der Waals surface area (Å²) in [7, 11) is 0. The van der Waals surface area contributed by atoms with Gasteiger partial charge in [-0.05, 0) is 80.6 Å². The van der Waals surface area contributed by atoms with Crippen LogP contribution in [0.25, 0.3) is 0 Å². The Morgan fingerprint density at radius 2 is 1.30 bits per heavy atom. The van der Waals surface area contributed by atoms with Crippen LogP contribution >= 0.6 is 0 Å². The van der Waals surface area contributed by atoms with Crippen LogP contribution in [-0.4, -0.2) is 42.7 Å². The van der Waals surface area contributed by atoms with E-state index in [2.05, 4.69) is 83.0 Å². The van der Waals surface area contributed by atoms with Crippen LogP contribution in [0.3, 0.4) is 0 Å². The fraction of sp³-hybridized carbons (Fsp3) is 0.400. The zero-order valence-corrected chi connectivity index (χ0v) is 19.5. The van der Waals surface area contributed by atoms with E-state index in [1.165, 1.54) is 42.4 Å². The number of nitrogens with zero attached hydrogens (tertiary/aromatic N) is 1. The monoisotopic (exact) mass is 440 g/mol. The Labute approximate surface area is 198 Å². The third-order valence-corrected chi connectivity index (χ3v) is 7.96. The number of likely N-dealkylation sites (tertiary alicyclic amines) is 1. The molecule has 1 heterocycles. The number of hydrogen-bond donors (Lipinski definition) is 2. The lowest BCUT2D eigenvalue weighted by Crippen LogP contribution is -2.49. The third-order valence-electron chi connectivity index (χ3n) is 7.96. The van der Waals surface area contributed by atoms with E-state index in [9.17, 15) is 5.11 Å². The van der Waals surface area contributed by atoms with Crippen molar-refractivity contribution in [1.29, 1.82) is 0 Å². The summed E-state index contributed by atoms with van der Waals surface area (Å²) >= 11 is 0. The molecule has 33 heavy (non-hydrogen) atoms. The number of phenols is 1. The number of rotatable bonds is 9. The lowest BCUT2D eigenvalue weighted by molar-refractivity contribution is 0.145. The molecule has 0 amide bonds. The molecule has 0 radical (unpaired) electrons. The number of benzene rings is 3. The van der Waals surface area contributed by atoms with Crippen molar-refractivity contribution in [2.75, 3.05) is 32.7 Å². The molecule has 172 valence electrons. The fourth-order valence-electron chi connectivity index (χ4n) is 5.64. The van der Waals surface area contributed by atoms with E-state index < -0.39 is 0 Å². The first kappa shape index (κ1) is 22.2. The zero-order chi connectivity index (χ0) is 22.6. The Balaban J connectivity index is 1.21. The van der Waals surface area contributed by atoms with Gasteiger partial charge in [0.25, 0.3) is 0 Å². The smallest absolute Gasteiger partial charge is 0.115 e. The van der Waals surface area contributed by atoms with Crippen LogP contribution in [0.15, 0.2) is 84.9 Å². The molecule has 1 aliphatic carbocycles. The van der Waals surface area contributed by atoms with Gasteiger partial charge >= 0.3 is 0 Å². The maximum atomic E-state index is 9.67. The molecule has 1 saturated heterocycles. The minimum absolute atomic E-state index is 0.212. The standard InChI is InChI=1S/C30H36N2O/c33-28-13-11-27(12-14-28)30(16-17-30)24-32-21-18-29(19-22-32,26-9-5-2-6-10-26)23-31-20-15-25-7-3-1-4-8-25/h1-14,31,33H,15-24H2. The van der Waals surface area contributed by atoms with Gasteiger partial charge in [0.2, 0.25) is 0 Å². The maximum absolute atomic E-state index is 9.67. The molecular formula is C30H36N2O. The highest BCUT2D eigenvalue weighted by molar-refractivity contribution is 5.36. The predicted octanol–water partition coefficient (Wildman–Crippen LogP) is 5.29. The van der Waals surface area contributed by atoms with Crippen LogP contribution in [0.5, 0.6) is 5.75 Å². The lowest BCUT2D eigenvalue weighted by Gasteiger charge is -2.43. The number of piperidine rings is 1. The van der Waals surface area contributed by atoms with Gasteiger partial charge in [-0.15, -0.1) is 0 Å². The maximum Gasteiger partial charge on any atom is 0.115 e. The van der Waals surface area contributed by atoms with Crippen LogP contribution in [0.2, 0.25) is 0 Å². The SMILES string of the molecule is Oc1ccc(C2(CN3CCC(CNCCc4ccccc4)(c4ccccc4)CC3)CC2)cc1. The van der Waals surface area contributed by atoms with Crippen molar-refractivity contribution in [3.63, 3.8) is 0 Å². The Morgan fingerprint density at radius 1 is 0.697 bits per heavy atom. The van der Waals surface area contributed by atoms with Crippen LogP contribution < -0.4 is 5.32 Å². The largest absolute Gasteiger partial charge is 0.508 e. The molecule has 1 saturated carbocycles. The first-order chi connectivity index (χ1) is 16.2. The summed E-state index contributed by atoms with van der Waals surface area (Å²) in [6.45, 7) is 5.50. The summed E-state index contributed by atoms with van der Waals surface area (Å²) in [4.78, 5) is 2.69. The number of hydrogen-bond acceptors (Lipinski definition) is 3. The molecule has 3 heteroatoms. The summed E-state index contributed by atoms with van der Waals surface area (Å²) in [5, 5.41) is 13.5. The molecule has 5 rings (SSSR count). The van der Waals surface area contributed by atoms with Gasteiger partial charge in [0.05, 0.1) is 0 Å². The molecule has 1 aliphatic heterocycles. The fourth-order valence-corrected chi connectivity index (χ4v) is 5.64. The molecule has 2 N–H and O–H groups in total. The van der Waals surface area contributed by atoms with E-state index in [0.717, 1.165) is 39.1 Å². The van der Waals surface area contributed by atoms with Crippen LogP contribution in [-0.2, 0) is 17.3 Å². The first-order valence-corrected chi connectivity index (χ1v) is 12.5. The average molecular weight is 441 g/mol. The van der Waals surface area contributed by atoms with Gasteiger partial charge in [-0.3, -0.25) is 0 Å². The van der Waals surface area contributed by atoms with Gasteiger partial charge in [-0.2, -0.15) is 0 Å². The number of nitrogens with one attached hydrogen (secondary N) is 1. The lowest BCUT2D eigenvalue weighted by atomic mass is 9.72. The average Bonchev–Trinajstić information content (AvgIpc) is 3.65. The third kappa shape index (κ3) is 5.15. The molecule has 2 aliphatic rings. The molecule has 0 spiro atoms. The molecule has 0 unspecified atom stereocenters. The van der Waals surface area contributed by atoms with E-state index in [4.69, 9.17) is 0 Å². The normalized spacial score (nSPS) is 19.3. The van der Waals surface area contributed by atoms with Gasteiger partial charge < -0.3 is 15.3 Å². The van der Waals surface area contributed by atoms with Crippen molar-refractivity contribution < 1.29 is 5.11 Å². The van der Waals surface area contributed by atoms with Crippen molar-refractivity contribution >= 4 is 0 Å². The summed E-state index contributed by atoms with van der Waals surface area (Å²) in [6, 6.07) is 29.9. The predicted molar refractivity (Wildman–Crippen MR) is 136 cm³/mol. The molecule has 3 nitrogen and oxygen atoms in total. The summed E-state index contributed by atoms with van der Waals surface area (Å²) in [5.74, 6) is 0.361. The van der Waals surface area contributed by atoms with Gasteiger partial charge in [0, 0.05) is 23.9 Å². The van der Waals surface area contributed by atoms with E-state index in [0.29, 0.717) is 11.2 Å². The summed E-state index contributed by atoms with van der Waals surface area (Å²) in [6.07, 6.45) is 5.99. The van der Waals surface area contributed by atoms with Crippen LogP contribution in [0.1, 0.15) is 42.4 Å². The van der Waals surface area contributed by atoms with Crippen molar-refractivity contribution in [3.8, 4) is 5.75 Å². The molecule has 3 aromatic carbocycles. The second-order valence-corrected chi connectivity index (χ2v) is 10.2. The summed E-state index contributed by atoms with van der Waals surface area (Å²) in [5.41, 5.74) is 4.79. The second-order valence-electron chi connectivity index (χ2n) is 10.2. The van der Waals surface area contributed by atoms with Gasteiger partial charge in [-0.1, -0.05) is 72.8 Å². The van der Waals surface area contributed by atoms with Crippen molar-refractivity contribution in [2.24, 2.45) is 0 Å². The van der Waals surface area contributed by atoms with Gasteiger partial charge in [0.15, 0.2) is 0 Å². The van der Waals surface area contributed by atoms with Crippen molar-refractivity contribution in [2.45, 2.75) is 42.9 Å². The van der Waals surface area contributed by atoms with Gasteiger partial charge in [0.1, 0.15) is 5.75 Å². The van der Waals surface area contributed by atoms with Gasteiger partial charge in [-0.25, -0.2) is 0 Å². The van der Waals surface area contributed by atoms with E-state index >= 15 is 0 Å². The Morgan fingerprint density at radius 3 is 1.94 bits per heavy atom. The Hall–Kier alpha value is -2.62. The highest BCUT2D eigenvalue weighted by Gasteiger charge is 2.46. The summed E-state index contributed by atoms with van der Waals surface area (Å²) < 4.78 is 0. The Bertz CT molecular complexity index is 1000. The first-order valence-electron chi connectivity index (χ1n) is 12.5. The van der Waals surface area contributed by atoms with Crippen LogP contribution in [0.4, 0.5) is 0 Å². The minimum Gasteiger partial charge on any atom is -0.508 e. The van der Waals surface area contributed by atoms with E-state index in [-0.39, 0.29) is 5.41 Å². The molecule has 3 aromatic rings. The number of aromatic hydroxyl groups is 1. The topological polar surface area (TPSA) is 35.5 Å². The van der Waals surface area contributed by atoms with Crippen molar-refractivity contribution in [3.05, 3.63) is 102 Å². The van der Waals surface area contributed by atoms with Crippen LogP contribution in [0, 0.1) is 0 Å². The second kappa shape index (κ2) is 9.70. The van der Waals surface area contributed by atoms with E-state index in [1.54, 1.807) is 0 Å². The molecule has 0 bridgehead atoms. The highest BCUT2D eigenvalue weighted by atomic mass is 16.3. The molecule has 0 aromatic heterocycles. The molecule has 0 atom stereocenters. The quantitative estimate of drug-likeness (QED) is 0.444. The Kier molecular flexibility index (Phi) is 6.52. The zero-order valence-electron chi connectivity index (χ0n) is 19.5. The number of phenolic OH excluding ortho intramolecular Hbond substituents is 1. The van der Waals surface area contributed by atoms with Crippen molar-refractivity contribution in [1.82, 2.24) is 10.2 Å². The minimum atomic E-state index is 0.212. The van der Waals surface area contributed by atoms with E-state index in [1.807, 2.05) is 12.1 Å².